The summed E-state index contributed by atoms with van der Waals surface area (Å²) in [5.41, 5.74) is 2.59. The van der Waals surface area contributed by atoms with Gasteiger partial charge in [0.05, 0.1) is 13.2 Å². The molecule has 0 spiro atoms. The van der Waals surface area contributed by atoms with Crippen LogP contribution in [0.4, 0.5) is 0 Å². The molecule has 1 aliphatic rings. The third kappa shape index (κ3) is 5.78. The van der Waals surface area contributed by atoms with Crippen molar-refractivity contribution < 1.29 is 9.53 Å². The van der Waals surface area contributed by atoms with Crippen molar-refractivity contribution in [3.8, 4) is 0 Å². The van der Waals surface area contributed by atoms with E-state index in [0.29, 0.717) is 6.42 Å². The van der Waals surface area contributed by atoms with Gasteiger partial charge in [-0.3, -0.25) is 9.69 Å². The van der Waals surface area contributed by atoms with Crippen LogP contribution in [0.1, 0.15) is 24.0 Å². The molecule has 0 unspecified atom stereocenters. The Morgan fingerprint density at radius 3 is 2.59 bits per heavy atom. The smallest absolute Gasteiger partial charge is 0.222 e. The first-order valence-corrected chi connectivity index (χ1v) is 8.25. The van der Waals surface area contributed by atoms with E-state index in [-0.39, 0.29) is 5.91 Å². The van der Waals surface area contributed by atoms with Gasteiger partial charge in [0.2, 0.25) is 5.91 Å². The van der Waals surface area contributed by atoms with Crippen LogP contribution in [-0.4, -0.2) is 62.1 Å². The molecule has 22 heavy (non-hydrogen) atoms. The van der Waals surface area contributed by atoms with E-state index in [1.165, 1.54) is 11.1 Å². The lowest BCUT2D eigenvalue weighted by Crippen LogP contribution is -2.41. The van der Waals surface area contributed by atoms with Gasteiger partial charge in [0.1, 0.15) is 0 Å². The Morgan fingerprint density at radius 2 is 1.91 bits per heavy atom. The van der Waals surface area contributed by atoms with E-state index < -0.39 is 0 Å². The van der Waals surface area contributed by atoms with Gasteiger partial charge in [-0.15, -0.1) is 0 Å². The van der Waals surface area contributed by atoms with E-state index in [9.17, 15) is 4.79 Å². The highest BCUT2D eigenvalue weighted by Gasteiger charge is 2.13. The normalized spacial score (nSPS) is 15.7. The summed E-state index contributed by atoms with van der Waals surface area (Å²) in [7, 11) is 1.91. The molecule has 0 aromatic heterocycles. The molecule has 122 valence electrons. The van der Waals surface area contributed by atoms with Gasteiger partial charge in [-0.2, -0.15) is 0 Å². The fraction of sp³-hybridized carbons (Fsp3) is 0.611. The summed E-state index contributed by atoms with van der Waals surface area (Å²) in [5, 5.41) is 0. The Hall–Kier alpha value is -1.39. The number of nitrogens with zero attached hydrogens (tertiary/aromatic N) is 2. The molecule has 1 aromatic rings. The first kappa shape index (κ1) is 17.0. The molecule has 0 saturated carbocycles. The van der Waals surface area contributed by atoms with E-state index in [1.54, 1.807) is 0 Å². The zero-order valence-corrected chi connectivity index (χ0v) is 13.9. The maximum atomic E-state index is 12.1. The van der Waals surface area contributed by atoms with Crippen molar-refractivity contribution in [3.63, 3.8) is 0 Å². The molecule has 1 aliphatic heterocycles. The quantitative estimate of drug-likeness (QED) is 0.773. The number of morpholine rings is 1. The van der Waals surface area contributed by atoms with Crippen LogP contribution >= 0.6 is 0 Å². The summed E-state index contributed by atoms with van der Waals surface area (Å²) < 4.78 is 5.33. The van der Waals surface area contributed by atoms with Gasteiger partial charge in [-0.25, -0.2) is 0 Å². The molecule has 4 nitrogen and oxygen atoms in total. The Labute approximate surface area is 134 Å². The third-order valence-electron chi connectivity index (χ3n) is 4.26. The number of hydrogen-bond acceptors (Lipinski definition) is 3. The van der Waals surface area contributed by atoms with E-state index in [1.807, 2.05) is 11.9 Å². The number of hydrogen-bond donors (Lipinski definition) is 0. The lowest BCUT2D eigenvalue weighted by molar-refractivity contribution is -0.130. The van der Waals surface area contributed by atoms with Gasteiger partial charge in [0.25, 0.3) is 0 Å². The zero-order valence-electron chi connectivity index (χ0n) is 13.9. The second-order valence-corrected chi connectivity index (χ2v) is 6.11. The number of ether oxygens (including phenoxy) is 1. The van der Waals surface area contributed by atoms with Crippen LogP contribution in [0, 0.1) is 6.92 Å². The zero-order chi connectivity index (χ0) is 15.8. The van der Waals surface area contributed by atoms with Crippen molar-refractivity contribution in [1.82, 2.24) is 9.80 Å². The van der Waals surface area contributed by atoms with Crippen LogP contribution in [0.3, 0.4) is 0 Å². The van der Waals surface area contributed by atoms with Gasteiger partial charge in [0.15, 0.2) is 0 Å². The van der Waals surface area contributed by atoms with Gasteiger partial charge in [0, 0.05) is 39.6 Å². The molecular weight excluding hydrogens is 276 g/mol. The molecule has 0 bridgehead atoms. The third-order valence-corrected chi connectivity index (χ3v) is 4.26. The van der Waals surface area contributed by atoms with E-state index in [2.05, 4.69) is 36.1 Å². The lowest BCUT2D eigenvalue weighted by Gasteiger charge is -2.28. The van der Waals surface area contributed by atoms with Gasteiger partial charge < -0.3 is 9.64 Å². The molecule has 1 aromatic carbocycles. The van der Waals surface area contributed by atoms with Crippen LogP contribution in [0.25, 0.3) is 0 Å². The first-order valence-electron chi connectivity index (χ1n) is 8.25. The van der Waals surface area contributed by atoms with Crippen molar-refractivity contribution in [1.29, 1.82) is 0 Å². The van der Waals surface area contributed by atoms with Crippen molar-refractivity contribution in [2.24, 2.45) is 0 Å². The van der Waals surface area contributed by atoms with Crippen molar-refractivity contribution >= 4 is 5.91 Å². The minimum absolute atomic E-state index is 0.250. The molecule has 0 atom stereocenters. The molecular formula is C18H28N2O2. The largest absolute Gasteiger partial charge is 0.379 e. The monoisotopic (exact) mass is 304 g/mol. The number of likely N-dealkylation sites (N-methyl/N-ethyl adjacent to an activating group) is 1. The SMILES string of the molecule is Cc1ccc(CCCC(=O)N(C)CCN2CCOCC2)cc1. The number of carbonyl (C=O) groups is 1. The average molecular weight is 304 g/mol. The Bertz CT molecular complexity index is 453. The second kappa shape index (κ2) is 8.91. The maximum Gasteiger partial charge on any atom is 0.222 e. The van der Waals surface area contributed by atoms with Crippen LogP contribution in [0.2, 0.25) is 0 Å². The highest BCUT2D eigenvalue weighted by molar-refractivity contribution is 5.75. The summed E-state index contributed by atoms with van der Waals surface area (Å²) >= 11 is 0. The molecule has 1 saturated heterocycles. The number of carbonyl (C=O) groups excluding carboxylic acids is 1. The molecule has 1 amide bonds. The summed E-state index contributed by atoms with van der Waals surface area (Å²) in [5.74, 6) is 0.250. The highest BCUT2D eigenvalue weighted by Crippen LogP contribution is 2.08. The molecule has 0 N–H and O–H groups in total. The van der Waals surface area contributed by atoms with Crippen molar-refractivity contribution in [2.75, 3.05) is 46.4 Å². The fourth-order valence-corrected chi connectivity index (χ4v) is 2.63. The van der Waals surface area contributed by atoms with Crippen LogP contribution in [0.5, 0.6) is 0 Å². The van der Waals surface area contributed by atoms with E-state index >= 15 is 0 Å². The molecule has 1 fully saturated rings. The Balaban J connectivity index is 1.62. The number of aryl methyl sites for hydroxylation is 2. The maximum absolute atomic E-state index is 12.1. The van der Waals surface area contributed by atoms with Crippen LogP contribution in [0.15, 0.2) is 24.3 Å². The molecule has 2 rings (SSSR count). The van der Waals surface area contributed by atoms with Crippen molar-refractivity contribution in [3.05, 3.63) is 35.4 Å². The summed E-state index contributed by atoms with van der Waals surface area (Å²) in [6.07, 6.45) is 2.53. The topological polar surface area (TPSA) is 32.8 Å². The molecule has 4 heteroatoms. The summed E-state index contributed by atoms with van der Waals surface area (Å²) in [4.78, 5) is 16.4. The number of rotatable bonds is 7. The van der Waals surface area contributed by atoms with E-state index in [4.69, 9.17) is 4.74 Å². The van der Waals surface area contributed by atoms with Gasteiger partial charge >= 0.3 is 0 Å². The molecule has 0 radical (unpaired) electrons. The van der Waals surface area contributed by atoms with Crippen LogP contribution < -0.4 is 0 Å². The fourth-order valence-electron chi connectivity index (χ4n) is 2.63. The minimum Gasteiger partial charge on any atom is -0.379 e. The highest BCUT2D eigenvalue weighted by atomic mass is 16.5. The van der Waals surface area contributed by atoms with Gasteiger partial charge in [-0.1, -0.05) is 29.8 Å². The predicted molar refractivity (Wildman–Crippen MR) is 89.0 cm³/mol. The second-order valence-electron chi connectivity index (χ2n) is 6.11. The summed E-state index contributed by atoms with van der Waals surface area (Å²) in [6, 6.07) is 8.57. The van der Waals surface area contributed by atoms with Crippen LogP contribution in [-0.2, 0) is 16.0 Å². The molecule has 1 heterocycles. The Kier molecular flexibility index (Phi) is 6.87. The average Bonchev–Trinajstić information content (AvgIpc) is 2.55. The first-order chi connectivity index (χ1) is 10.6. The summed E-state index contributed by atoms with van der Waals surface area (Å²) in [6.45, 7) is 7.44. The predicted octanol–water partition coefficient (Wildman–Crippen LogP) is 2.11. The minimum atomic E-state index is 0.250. The van der Waals surface area contributed by atoms with Crippen molar-refractivity contribution in [2.45, 2.75) is 26.2 Å². The van der Waals surface area contributed by atoms with Gasteiger partial charge in [-0.05, 0) is 25.3 Å². The Morgan fingerprint density at radius 1 is 1.23 bits per heavy atom. The standard InChI is InChI=1S/C18H28N2O2/c1-16-6-8-17(9-7-16)4-3-5-18(21)19(2)10-11-20-12-14-22-15-13-20/h6-9H,3-5,10-15H2,1-2H3. The molecule has 0 aliphatic carbocycles. The van der Waals surface area contributed by atoms with E-state index in [0.717, 1.165) is 52.2 Å². The lowest BCUT2D eigenvalue weighted by atomic mass is 10.1. The number of benzene rings is 1. The number of amides is 1.